The zero-order valence-electron chi connectivity index (χ0n) is 12.9. The average Bonchev–Trinajstić information content (AvgIpc) is 2.78. The van der Waals surface area contributed by atoms with E-state index < -0.39 is 0 Å². The molecule has 0 N–H and O–H groups in total. The molecule has 2 aliphatic rings. The molecule has 1 unspecified atom stereocenters. The maximum atomic E-state index is 6.28. The summed E-state index contributed by atoms with van der Waals surface area (Å²) in [6.45, 7) is 4.37. The molecule has 0 spiro atoms. The highest BCUT2D eigenvalue weighted by atomic mass is 35.5. The maximum absolute atomic E-state index is 6.28. The zero-order valence-corrected chi connectivity index (χ0v) is 16.0. The number of allylic oxidation sites excluding steroid dienone is 1. The number of hydrogen-bond acceptors (Lipinski definition) is 4. The van der Waals surface area contributed by atoms with Crippen LogP contribution in [-0.4, -0.2) is 29.0 Å². The van der Waals surface area contributed by atoms with Gasteiger partial charge >= 0.3 is 0 Å². The molecule has 0 radical (unpaired) electrons. The molecule has 3 nitrogen and oxygen atoms in total. The van der Waals surface area contributed by atoms with Crippen LogP contribution in [0.2, 0.25) is 15.1 Å². The van der Waals surface area contributed by atoms with Gasteiger partial charge in [0.1, 0.15) is 6.17 Å². The molecule has 2 heterocycles. The Morgan fingerprint density at radius 1 is 1.13 bits per heavy atom. The molecule has 1 aromatic carbocycles. The normalized spacial score (nSPS) is 20.0. The molecular formula is C16H16Cl3N3S. The first kappa shape index (κ1) is 17.0. The molecule has 0 saturated heterocycles. The molecule has 23 heavy (non-hydrogen) atoms. The van der Waals surface area contributed by atoms with Crippen molar-refractivity contribution >= 4 is 52.4 Å². The van der Waals surface area contributed by atoms with Crippen LogP contribution in [0.25, 0.3) is 0 Å². The summed E-state index contributed by atoms with van der Waals surface area (Å²) in [5.74, 6) is 1.39. The van der Waals surface area contributed by atoms with E-state index in [2.05, 4.69) is 30.0 Å². The lowest BCUT2D eigenvalue weighted by molar-refractivity contribution is 0.141. The number of rotatable bonds is 3. The molecule has 0 bridgehead atoms. The first-order valence-electron chi connectivity index (χ1n) is 7.19. The lowest BCUT2D eigenvalue weighted by Crippen LogP contribution is -2.41. The number of benzene rings is 1. The topological polar surface area (TPSA) is 18.8 Å². The van der Waals surface area contributed by atoms with Crippen LogP contribution in [0, 0.1) is 5.92 Å². The van der Waals surface area contributed by atoms with Crippen LogP contribution in [0.4, 0.5) is 0 Å². The fourth-order valence-electron chi connectivity index (χ4n) is 2.74. The van der Waals surface area contributed by atoms with Gasteiger partial charge in [0.25, 0.3) is 0 Å². The van der Waals surface area contributed by atoms with E-state index in [4.69, 9.17) is 34.8 Å². The fraction of sp³-hybridized carbons (Fsp3) is 0.312. The predicted molar refractivity (Wildman–Crippen MR) is 100 cm³/mol. The lowest BCUT2D eigenvalue weighted by atomic mass is 10.1. The van der Waals surface area contributed by atoms with Gasteiger partial charge in [0.15, 0.2) is 5.84 Å². The Bertz CT molecular complexity index is 704. The van der Waals surface area contributed by atoms with Crippen molar-refractivity contribution in [3.8, 4) is 0 Å². The third-order valence-corrected chi connectivity index (χ3v) is 5.79. The van der Waals surface area contributed by atoms with Crippen LogP contribution in [-0.2, 0) is 0 Å². The summed E-state index contributed by atoms with van der Waals surface area (Å²) in [5, 5.41) is 8.21. The monoisotopic (exact) mass is 387 g/mol. The molecular weight excluding hydrogens is 373 g/mol. The van der Waals surface area contributed by atoms with Gasteiger partial charge in [-0.15, -0.1) is 0 Å². The van der Waals surface area contributed by atoms with E-state index in [-0.39, 0.29) is 6.17 Å². The minimum Gasteiger partial charge on any atom is -0.308 e. The highest BCUT2D eigenvalue weighted by Crippen LogP contribution is 2.42. The first-order chi connectivity index (χ1) is 10.9. The van der Waals surface area contributed by atoms with Gasteiger partial charge in [0.05, 0.1) is 10.0 Å². The number of thioether (sulfide) groups is 1. The third-order valence-electron chi connectivity index (χ3n) is 3.63. The van der Waals surface area contributed by atoms with Crippen LogP contribution >= 0.6 is 46.6 Å². The van der Waals surface area contributed by atoms with E-state index in [1.54, 1.807) is 12.1 Å². The number of hydrogen-bond donors (Lipinski definition) is 0. The molecule has 0 aliphatic carbocycles. The van der Waals surface area contributed by atoms with Gasteiger partial charge in [-0.1, -0.05) is 60.4 Å². The summed E-state index contributed by atoms with van der Waals surface area (Å²) in [6.07, 6.45) is 6.34. The minimum atomic E-state index is 0.210. The Labute approximate surface area is 155 Å². The molecule has 0 fully saturated rings. The van der Waals surface area contributed by atoms with Gasteiger partial charge in [0, 0.05) is 28.1 Å². The Hall–Kier alpha value is -0.810. The Morgan fingerprint density at radius 3 is 2.39 bits per heavy atom. The number of nitrogens with zero attached hydrogens (tertiary/aromatic N) is 3. The van der Waals surface area contributed by atoms with Crippen molar-refractivity contribution in [1.82, 2.24) is 9.91 Å². The summed E-state index contributed by atoms with van der Waals surface area (Å²) in [5.41, 5.74) is 0. The van der Waals surface area contributed by atoms with Crippen LogP contribution in [0.15, 0.2) is 45.4 Å². The van der Waals surface area contributed by atoms with Crippen molar-refractivity contribution in [3.63, 3.8) is 0 Å². The molecule has 3 rings (SSSR count). The summed E-state index contributed by atoms with van der Waals surface area (Å²) in [4.78, 5) is 4.05. The molecule has 7 heteroatoms. The summed E-state index contributed by atoms with van der Waals surface area (Å²) < 4.78 is 0. The molecule has 122 valence electrons. The summed E-state index contributed by atoms with van der Waals surface area (Å²) in [7, 11) is 2.00. The molecule has 0 saturated carbocycles. The second-order valence-electron chi connectivity index (χ2n) is 5.76. The zero-order chi connectivity index (χ0) is 16.7. The van der Waals surface area contributed by atoms with Crippen molar-refractivity contribution in [3.05, 3.63) is 50.5 Å². The second kappa shape index (κ2) is 6.60. The average molecular weight is 389 g/mol. The van der Waals surface area contributed by atoms with Crippen LogP contribution in [0.5, 0.6) is 0 Å². The van der Waals surface area contributed by atoms with E-state index in [1.807, 2.05) is 24.2 Å². The quantitative estimate of drug-likeness (QED) is 0.662. The SMILES string of the molecule is CC(C)C1N(C)N=C2C=CC(Sc3c(Cl)cc(Cl)cc3Cl)=CN21. The molecule has 2 aliphatic heterocycles. The molecule has 1 atom stereocenters. The van der Waals surface area contributed by atoms with E-state index in [0.717, 1.165) is 15.6 Å². The minimum absolute atomic E-state index is 0.210. The number of halogens is 3. The Morgan fingerprint density at radius 2 is 1.78 bits per heavy atom. The summed E-state index contributed by atoms with van der Waals surface area (Å²) >= 11 is 20.1. The van der Waals surface area contributed by atoms with Crippen molar-refractivity contribution < 1.29 is 0 Å². The fourth-order valence-corrected chi connectivity index (χ4v) is 4.64. The number of amidine groups is 1. The van der Waals surface area contributed by atoms with Crippen molar-refractivity contribution in [2.24, 2.45) is 11.0 Å². The predicted octanol–water partition coefficient (Wildman–Crippen LogP) is 5.69. The van der Waals surface area contributed by atoms with Gasteiger partial charge < -0.3 is 4.90 Å². The van der Waals surface area contributed by atoms with Crippen LogP contribution < -0.4 is 0 Å². The first-order valence-corrected chi connectivity index (χ1v) is 9.14. The lowest BCUT2D eigenvalue weighted by Gasteiger charge is -2.31. The molecule has 1 aromatic rings. The summed E-state index contributed by atoms with van der Waals surface area (Å²) in [6, 6.07) is 3.41. The van der Waals surface area contributed by atoms with Gasteiger partial charge in [-0.3, -0.25) is 5.01 Å². The standard InChI is InChI=1S/C16H16Cl3N3S/c1-9(2)16-21(3)20-14-5-4-11(8-22(14)16)23-15-12(18)6-10(17)7-13(15)19/h4-9,16H,1-3H3. The highest BCUT2D eigenvalue weighted by Gasteiger charge is 2.33. The molecule has 0 aromatic heterocycles. The van der Waals surface area contributed by atoms with E-state index in [9.17, 15) is 0 Å². The van der Waals surface area contributed by atoms with Gasteiger partial charge in [-0.2, -0.15) is 5.10 Å². The highest BCUT2D eigenvalue weighted by molar-refractivity contribution is 8.03. The Kier molecular flexibility index (Phi) is 4.88. The van der Waals surface area contributed by atoms with Crippen molar-refractivity contribution in [2.75, 3.05) is 7.05 Å². The molecule has 0 amide bonds. The van der Waals surface area contributed by atoms with Crippen LogP contribution in [0.1, 0.15) is 13.8 Å². The van der Waals surface area contributed by atoms with E-state index >= 15 is 0 Å². The number of fused-ring (bicyclic) bond motifs is 1. The van der Waals surface area contributed by atoms with Crippen molar-refractivity contribution in [2.45, 2.75) is 24.9 Å². The van der Waals surface area contributed by atoms with Crippen LogP contribution in [0.3, 0.4) is 0 Å². The van der Waals surface area contributed by atoms with E-state index in [0.29, 0.717) is 21.0 Å². The largest absolute Gasteiger partial charge is 0.308 e. The third kappa shape index (κ3) is 3.36. The second-order valence-corrected chi connectivity index (χ2v) is 8.10. The Balaban J connectivity index is 1.88. The smallest absolute Gasteiger partial charge is 0.154 e. The van der Waals surface area contributed by atoms with Gasteiger partial charge in [0.2, 0.25) is 0 Å². The van der Waals surface area contributed by atoms with Gasteiger partial charge in [-0.05, 0) is 30.2 Å². The van der Waals surface area contributed by atoms with E-state index in [1.165, 1.54) is 11.8 Å². The maximum Gasteiger partial charge on any atom is 0.154 e. The van der Waals surface area contributed by atoms with Gasteiger partial charge in [-0.25, -0.2) is 0 Å². The van der Waals surface area contributed by atoms with Crippen molar-refractivity contribution in [1.29, 1.82) is 0 Å². The number of hydrazone groups is 1.